The van der Waals surface area contributed by atoms with E-state index in [0.717, 1.165) is 31.6 Å². The van der Waals surface area contributed by atoms with Crippen LogP contribution in [0, 0.1) is 0 Å². The van der Waals surface area contributed by atoms with Gasteiger partial charge in [0.1, 0.15) is 18.9 Å². The molecule has 0 bridgehead atoms. The molecule has 68 valence electrons. The molecule has 0 aliphatic rings. The highest BCUT2D eigenvalue weighted by atomic mass is 31.0. The lowest BCUT2D eigenvalue weighted by Gasteiger charge is -2.23. The Morgan fingerprint density at radius 1 is 1.42 bits per heavy atom. The van der Waals surface area contributed by atoms with Gasteiger partial charge in [0.2, 0.25) is 0 Å². The van der Waals surface area contributed by atoms with Gasteiger partial charge in [-0.1, -0.05) is 0 Å². The molecule has 2 nitrogen and oxygen atoms in total. The predicted octanol–water partition coefficient (Wildman–Crippen LogP) is 1.80. The molecule has 1 aromatic heterocycles. The molecule has 0 saturated carbocycles. The summed E-state index contributed by atoms with van der Waals surface area (Å²) in [5.74, 6) is 5.32. The van der Waals surface area contributed by atoms with Gasteiger partial charge in [0.15, 0.2) is 0 Å². The fourth-order valence-corrected chi connectivity index (χ4v) is 1.54. The molecule has 0 saturated heterocycles. The van der Waals surface area contributed by atoms with E-state index in [9.17, 15) is 0 Å². The van der Waals surface area contributed by atoms with Gasteiger partial charge >= 0.3 is 0 Å². The van der Waals surface area contributed by atoms with Crippen LogP contribution in [0.4, 0.5) is 0 Å². The van der Waals surface area contributed by atoms with Gasteiger partial charge in [-0.05, 0) is 17.7 Å². The second kappa shape index (κ2) is 3.97. The third-order valence-corrected chi connectivity index (χ3v) is 2.41. The minimum Gasteiger partial charge on any atom is -0.487 e. The normalized spacial score (nSPS) is 12.2. The summed E-state index contributed by atoms with van der Waals surface area (Å²) in [4.78, 5) is 0. The van der Waals surface area contributed by atoms with Crippen LogP contribution >= 0.6 is 8.19 Å². The van der Waals surface area contributed by atoms with E-state index < -0.39 is 0 Å². The molecule has 1 aromatic rings. The fraction of sp³-hybridized carbons (Fsp3) is 0.556. The Morgan fingerprint density at radius 3 is 2.67 bits per heavy atom. The number of hydrogen-bond acceptors (Lipinski definition) is 1. The van der Waals surface area contributed by atoms with Crippen LogP contribution in [-0.2, 0) is 0 Å². The minimum absolute atomic E-state index is 0.810. The van der Waals surface area contributed by atoms with E-state index >= 15 is 0 Å². The van der Waals surface area contributed by atoms with Gasteiger partial charge in [-0.15, -0.1) is 8.19 Å². The monoisotopic (exact) mass is 186 g/mol. The highest BCUT2D eigenvalue weighted by Crippen LogP contribution is 2.18. The first-order valence-corrected chi connectivity index (χ1v) is 5.29. The van der Waals surface area contributed by atoms with Crippen molar-refractivity contribution in [2.75, 3.05) is 34.3 Å². The van der Waals surface area contributed by atoms with Crippen molar-refractivity contribution in [3.63, 3.8) is 0 Å². The van der Waals surface area contributed by atoms with Crippen LogP contribution in [-0.4, -0.2) is 38.8 Å². The molecule has 1 heterocycles. The maximum atomic E-state index is 5.54. The van der Waals surface area contributed by atoms with E-state index in [0.29, 0.717) is 0 Å². The molecule has 0 amide bonds. The highest BCUT2D eigenvalue weighted by molar-refractivity contribution is 7.28. The molecule has 1 unspecified atom stereocenters. The number of nitrogens with zero attached hydrogens (tertiary/aromatic N) is 1. The molecule has 0 aromatic carbocycles. The molecule has 0 spiro atoms. The summed E-state index contributed by atoms with van der Waals surface area (Å²) in [6, 6.07) is 2.05. The third kappa shape index (κ3) is 3.80. The number of ether oxygens (including phenoxy) is 1. The number of likely N-dealkylation sites (N-methyl/N-ethyl adjacent to an activating group) is 1. The van der Waals surface area contributed by atoms with E-state index in [1.54, 1.807) is 0 Å². The Bertz CT molecular complexity index is 213. The standard InChI is InChI=1S/C9H17NOP/c1-10(2,3)5-6-11-9-4-7-12-8-9/h4,7-8,12H,5-6H2,1-3H3/q+1. The van der Waals surface area contributed by atoms with E-state index in [1.807, 2.05) is 6.07 Å². The van der Waals surface area contributed by atoms with Crippen molar-refractivity contribution in [1.29, 1.82) is 0 Å². The van der Waals surface area contributed by atoms with Crippen molar-refractivity contribution in [2.45, 2.75) is 0 Å². The minimum atomic E-state index is 0.810. The molecule has 1 atom stereocenters. The highest BCUT2D eigenvalue weighted by Gasteiger charge is 2.05. The third-order valence-electron chi connectivity index (χ3n) is 1.60. The van der Waals surface area contributed by atoms with Crippen LogP contribution in [0.3, 0.4) is 0 Å². The first-order chi connectivity index (χ1) is 5.58. The van der Waals surface area contributed by atoms with Crippen molar-refractivity contribution in [3.8, 4) is 5.75 Å². The smallest absolute Gasteiger partial charge is 0.137 e. The molecule has 0 aliphatic heterocycles. The van der Waals surface area contributed by atoms with E-state index in [1.165, 1.54) is 0 Å². The number of quaternary nitrogens is 1. The second-order valence-electron chi connectivity index (χ2n) is 3.91. The van der Waals surface area contributed by atoms with Crippen LogP contribution in [0.25, 0.3) is 0 Å². The average molecular weight is 186 g/mol. The van der Waals surface area contributed by atoms with Crippen LogP contribution in [0.2, 0.25) is 0 Å². The molecular formula is C9H17NOP+. The van der Waals surface area contributed by atoms with Gasteiger partial charge in [-0.3, -0.25) is 0 Å². The van der Waals surface area contributed by atoms with Gasteiger partial charge < -0.3 is 9.22 Å². The maximum absolute atomic E-state index is 5.54. The summed E-state index contributed by atoms with van der Waals surface area (Å²) < 4.78 is 6.50. The Labute approximate surface area is 75.8 Å². The van der Waals surface area contributed by atoms with Crippen LogP contribution < -0.4 is 4.74 Å². The number of rotatable bonds is 4. The van der Waals surface area contributed by atoms with Crippen molar-refractivity contribution < 1.29 is 9.22 Å². The van der Waals surface area contributed by atoms with E-state index in [2.05, 4.69) is 32.7 Å². The zero-order valence-corrected chi connectivity index (χ0v) is 9.00. The maximum Gasteiger partial charge on any atom is 0.137 e. The van der Waals surface area contributed by atoms with Crippen molar-refractivity contribution in [2.24, 2.45) is 0 Å². The summed E-state index contributed by atoms with van der Waals surface area (Å²) in [7, 11) is 7.33. The Morgan fingerprint density at radius 2 is 2.17 bits per heavy atom. The van der Waals surface area contributed by atoms with E-state index in [4.69, 9.17) is 4.74 Å². The van der Waals surface area contributed by atoms with Crippen molar-refractivity contribution in [1.82, 2.24) is 0 Å². The molecule has 0 radical (unpaired) electrons. The molecular weight excluding hydrogens is 169 g/mol. The van der Waals surface area contributed by atoms with Crippen LogP contribution in [0.15, 0.2) is 17.7 Å². The Hall–Kier alpha value is -0.460. The van der Waals surface area contributed by atoms with Gasteiger partial charge in [0, 0.05) is 0 Å². The van der Waals surface area contributed by atoms with Gasteiger partial charge in [-0.2, -0.15) is 0 Å². The van der Waals surface area contributed by atoms with Gasteiger partial charge in [0.05, 0.1) is 21.1 Å². The molecule has 0 fully saturated rings. The fourth-order valence-electron chi connectivity index (χ4n) is 0.836. The second-order valence-corrected chi connectivity index (χ2v) is 4.86. The van der Waals surface area contributed by atoms with Crippen molar-refractivity contribution >= 4 is 8.19 Å². The summed E-state index contributed by atoms with van der Waals surface area (Å²) in [6.45, 7) is 1.86. The first kappa shape index (κ1) is 9.63. The largest absolute Gasteiger partial charge is 0.487 e. The summed E-state index contributed by atoms with van der Waals surface area (Å²) in [5, 5.41) is 0. The molecule has 1 rings (SSSR count). The Kier molecular flexibility index (Phi) is 3.19. The topological polar surface area (TPSA) is 9.23 Å². The average Bonchev–Trinajstić information content (AvgIpc) is 2.36. The van der Waals surface area contributed by atoms with Crippen LogP contribution in [0.5, 0.6) is 5.75 Å². The van der Waals surface area contributed by atoms with Crippen LogP contribution in [0.1, 0.15) is 0 Å². The summed E-state index contributed by atoms with van der Waals surface area (Å²) in [6.07, 6.45) is 0. The zero-order valence-electron chi connectivity index (χ0n) is 8.00. The lowest BCUT2D eigenvalue weighted by molar-refractivity contribution is -0.870. The van der Waals surface area contributed by atoms with Crippen molar-refractivity contribution in [3.05, 3.63) is 17.7 Å². The summed E-state index contributed by atoms with van der Waals surface area (Å²) >= 11 is 0. The Balaban J connectivity index is 2.20. The lowest BCUT2D eigenvalue weighted by atomic mass is 10.5. The number of hydrogen-bond donors (Lipinski definition) is 0. The molecule has 0 N–H and O–H groups in total. The summed E-state index contributed by atoms with van der Waals surface area (Å²) in [5.41, 5.74) is 0. The van der Waals surface area contributed by atoms with Gasteiger partial charge in [-0.25, -0.2) is 0 Å². The van der Waals surface area contributed by atoms with E-state index in [-0.39, 0.29) is 0 Å². The molecule has 12 heavy (non-hydrogen) atoms. The SMILES string of the molecule is C[N+](C)(C)CCOc1cc[pH]c1. The molecule has 0 aliphatic carbocycles. The van der Waals surface area contributed by atoms with Gasteiger partial charge in [0.25, 0.3) is 0 Å². The quantitative estimate of drug-likeness (QED) is 0.651. The molecule has 3 heteroatoms. The first-order valence-electron chi connectivity index (χ1n) is 4.14. The zero-order chi connectivity index (χ0) is 9.03. The lowest BCUT2D eigenvalue weighted by Crippen LogP contribution is -2.38. The predicted molar refractivity (Wildman–Crippen MR) is 54.3 cm³/mol.